The zero-order valence-corrected chi connectivity index (χ0v) is 20.0. The van der Waals surface area contributed by atoms with Gasteiger partial charge in [0.05, 0.1) is 6.04 Å². The van der Waals surface area contributed by atoms with E-state index in [1.54, 1.807) is 6.26 Å². The summed E-state index contributed by atoms with van der Waals surface area (Å²) in [6.45, 7) is 0. The predicted octanol–water partition coefficient (Wildman–Crippen LogP) is -2.93. The van der Waals surface area contributed by atoms with E-state index in [1.165, 1.54) is 11.8 Å². The summed E-state index contributed by atoms with van der Waals surface area (Å²) in [7, 11) is 0. The Morgan fingerprint density at radius 2 is 1.27 bits per heavy atom. The molecule has 13 nitrogen and oxygen atoms in total. The summed E-state index contributed by atoms with van der Waals surface area (Å²) < 4.78 is 0. The molecule has 0 fully saturated rings. The Morgan fingerprint density at radius 1 is 0.818 bits per heavy atom. The molecule has 0 bridgehead atoms. The summed E-state index contributed by atoms with van der Waals surface area (Å²) in [6, 6.07) is -4.76. The topological polar surface area (TPSA) is 237 Å². The van der Waals surface area contributed by atoms with Gasteiger partial charge >= 0.3 is 5.97 Å². The molecule has 0 saturated heterocycles. The van der Waals surface area contributed by atoms with Crippen molar-refractivity contribution in [1.82, 2.24) is 16.0 Å². The van der Waals surface area contributed by atoms with Crippen LogP contribution in [0.3, 0.4) is 0 Å². The molecule has 0 aromatic heterocycles. The van der Waals surface area contributed by atoms with E-state index in [0.717, 1.165) is 0 Å². The number of carboxylic acids is 1. The van der Waals surface area contributed by atoms with Crippen molar-refractivity contribution in [3.05, 3.63) is 0 Å². The Balaban J connectivity index is 5.41. The summed E-state index contributed by atoms with van der Waals surface area (Å²) in [4.78, 5) is 71.0. The molecule has 4 atom stereocenters. The number of nitrogens with one attached hydrogen (secondary N) is 3. The number of primary amides is 2. The maximum Gasteiger partial charge on any atom is 0.327 e. The summed E-state index contributed by atoms with van der Waals surface area (Å²) in [5.41, 5.74) is 15.9. The first kappa shape index (κ1) is 30.5. The Hall–Kier alpha value is -2.52. The van der Waals surface area contributed by atoms with E-state index in [0.29, 0.717) is 5.75 Å². The standard InChI is InChI=1S/C18H32N6O7S2/c1-33-7-6-11(17(29)24-12(8-32)18(30)31)23-16(28)10(3-5-14(21)26)22-15(27)9(19)2-4-13(20)25/h9-12,32H,2-8,19H2,1H3,(H2,20,25)(H2,21,26)(H,22,27)(H,23,28)(H,24,29)(H,30,31). The first-order valence-corrected chi connectivity index (χ1v) is 12.0. The van der Waals surface area contributed by atoms with E-state index in [9.17, 15) is 28.8 Å². The minimum Gasteiger partial charge on any atom is -0.480 e. The molecular weight excluding hydrogens is 476 g/mol. The highest BCUT2D eigenvalue weighted by Crippen LogP contribution is 2.06. The third kappa shape index (κ3) is 12.9. The fraction of sp³-hybridized carbons (Fsp3) is 0.667. The van der Waals surface area contributed by atoms with Gasteiger partial charge in [-0.25, -0.2) is 4.79 Å². The van der Waals surface area contributed by atoms with Gasteiger partial charge in [-0.3, -0.25) is 24.0 Å². The summed E-state index contributed by atoms with van der Waals surface area (Å²) in [5, 5.41) is 16.3. The summed E-state index contributed by atoms with van der Waals surface area (Å²) >= 11 is 5.29. The van der Waals surface area contributed by atoms with Crippen molar-refractivity contribution in [2.24, 2.45) is 17.2 Å². The highest BCUT2D eigenvalue weighted by Gasteiger charge is 2.30. The molecule has 0 aliphatic carbocycles. The fourth-order valence-corrected chi connectivity index (χ4v) is 3.22. The molecule has 0 aromatic rings. The molecule has 0 heterocycles. The van der Waals surface area contributed by atoms with Crippen LogP contribution in [0.15, 0.2) is 0 Å². The van der Waals surface area contributed by atoms with Crippen LogP contribution in [-0.2, 0) is 28.8 Å². The number of carbonyl (C=O) groups is 6. The molecule has 33 heavy (non-hydrogen) atoms. The van der Waals surface area contributed by atoms with Gasteiger partial charge in [0, 0.05) is 18.6 Å². The fourth-order valence-electron chi connectivity index (χ4n) is 2.50. The number of aliphatic carboxylic acids is 1. The molecule has 0 aromatic carbocycles. The lowest BCUT2D eigenvalue weighted by atomic mass is 10.1. The molecule has 5 amide bonds. The maximum atomic E-state index is 12.8. The second-order valence-corrected chi connectivity index (χ2v) is 8.45. The molecule has 0 rings (SSSR count). The van der Waals surface area contributed by atoms with Crippen LogP contribution in [0, 0.1) is 0 Å². The van der Waals surface area contributed by atoms with Crippen molar-refractivity contribution < 1.29 is 33.9 Å². The number of nitrogens with two attached hydrogens (primary N) is 3. The number of amides is 5. The van der Waals surface area contributed by atoms with Crippen molar-refractivity contribution in [2.45, 2.75) is 56.3 Å². The largest absolute Gasteiger partial charge is 0.480 e. The minimum atomic E-state index is -1.29. The van der Waals surface area contributed by atoms with Crippen molar-refractivity contribution in [1.29, 1.82) is 0 Å². The number of hydrogen-bond donors (Lipinski definition) is 8. The van der Waals surface area contributed by atoms with Crippen molar-refractivity contribution in [3.8, 4) is 0 Å². The Morgan fingerprint density at radius 3 is 1.73 bits per heavy atom. The van der Waals surface area contributed by atoms with E-state index in [2.05, 4.69) is 28.6 Å². The third-order valence-electron chi connectivity index (χ3n) is 4.39. The van der Waals surface area contributed by atoms with Crippen LogP contribution in [-0.4, -0.2) is 82.5 Å². The van der Waals surface area contributed by atoms with Crippen LogP contribution in [0.5, 0.6) is 0 Å². The molecule has 0 radical (unpaired) electrons. The number of thioether (sulfide) groups is 1. The Bertz CT molecular complexity index is 724. The molecule has 10 N–H and O–H groups in total. The van der Waals surface area contributed by atoms with E-state index < -0.39 is 59.7 Å². The summed E-state index contributed by atoms with van der Waals surface area (Å²) in [6.07, 6.45) is 1.36. The first-order valence-electron chi connectivity index (χ1n) is 9.98. The molecule has 0 spiro atoms. The average molecular weight is 509 g/mol. The zero-order chi connectivity index (χ0) is 25.6. The first-order chi connectivity index (χ1) is 15.4. The minimum absolute atomic E-state index is 0.0512. The van der Waals surface area contributed by atoms with Gasteiger partial charge in [-0.05, 0) is 31.3 Å². The van der Waals surface area contributed by atoms with Crippen LogP contribution in [0.25, 0.3) is 0 Å². The highest BCUT2D eigenvalue weighted by atomic mass is 32.2. The van der Waals surface area contributed by atoms with Crippen LogP contribution in [0.4, 0.5) is 0 Å². The summed E-state index contributed by atoms with van der Waals surface area (Å²) in [5.74, 6) is -4.63. The number of rotatable bonds is 17. The van der Waals surface area contributed by atoms with Gasteiger partial charge in [0.2, 0.25) is 29.5 Å². The SMILES string of the molecule is CSCCC(NC(=O)C(CCC(N)=O)NC(=O)C(N)CCC(N)=O)C(=O)NC(CS)C(=O)O. The van der Waals surface area contributed by atoms with Gasteiger partial charge in [0.25, 0.3) is 0 Å². The number of carboxylic acid groups (broad SMARTS) is 1. The predicted molar refractivity (Wildman–Crippen MR) is 125 cm³/mol. The van der Waals surface area contributed by atoms with E-state index in [4.69, 9.17) is 22.3 Å². The molecule has 0 aliphatic heterocycles. The average Bonchev–Trinajstić information content (AvgIpc) is 2.74. The van der Waals surface area contributed by atoms with Crippen LogP contribution in [0.2, 0.25) is 0 Å². The zero-order valence-electron chi connectivity index (χ0n) is 18.2. The maximum absolute atomic E-state index is 12.8. The van der Waals surface area contributed by atoms with E-state index >= 15 is 0 Å². The van der Waals surface area contributed by atoms with Crippen molar-refractivity contribution >= 4 is 59.9 Å². The van der Waals surface area contributed by atoms with E-state index in [-0.39, 0.29) is 37.9 Å². The second kappa shape index (κ2) is 16.1. The number of thiol groups is 1. The van der Waals surface area contributed by atoms with Gasteiger partial charge in [0.15, 0.2) is 0 Å². The molecular formula is C18H32N6O7S2. The van der Waals surface area contributed by atoms with Gasteiger partial charge in [0.1, 0.15) is 18.1 Å². The lowest BCUT2D eigenvalue weighted by Gasteiger charge is -2.24. The number of carbonyl (C=O) groups excluding carboxylic acids is 5. The highest BCUT2D eigenvalue weighted by molar-refractivity contribution is 7.98. The molecule has 188 valence electrons. The Kier molecular flexibility index (Phi) is 14.9. The van der Waals surface area contributed by atoms with Gasteiger partial charge in [-0.15, -0.1) is 0 Å². The molecule has 0 aliphatic rings. The third-order valence-corrected chi connectivity index (χ3v) is 5.40. The van der Waals surface area contributed by atoms with Crippen LogP contribution in [0.1, 0.15) is 32.1 Å². The van der Waals surface area contributed by atoms with Gasteiger partial charge in [-0.1, -0.05) is 0 Å². The normalized spacial score (nSPS) is 14.3. The van der Waals surface area contributed by atoms with Gasteiger partial charge < -0.3 is 38.3 Å². The van der Waals surface area contributed by atoms with Crippen LogP contribution < -0.4 is 33.2 Å². The lowest BCUT2D eigenvalue weighted by Crippen LogP contribution is -2.57. The van der Waals surface area contributed by atoms with Gasteiger partial charge in [-0.2, -0.15) is 24.4 Å². The molecule has 0 saturated carbocycles. The molecule has 4 unspecified atom stereocenters. The second-order valence-electron chi connectivity index (χ2n) is 7.10. The lowest BCUT2D eigenvalue weighted by molar-refractivity contribution is -0.141. The van der Waals surface area contributed by atoms with Crippen molar-refractivity contribution in [3.63, 3.8) is 0 Å². The smallest absolute Gasteiger partial charge is 0.327 e. The van der Waals surface area contributed by atoms with E-state index in [1.807, 2.05) is 0 Å². The number of hydrogen-bond acceptors (Lipinski definition) is 9. The van der Waals surface area contributed by atoms with Crippen LogP contribution >= 0.6 is 24.4 Å². The van der Waals surface area contributed by atoms with Crippen molar-refractivity contribution in [2.75, 3.05) is 17.8 Å². The molecule has 15 heteroatoms. The Labute approximate surface area is 201 Å². The quantitative estimate of drug-likeness (QED) is 0.0937. The monoisotopic (exact) mass is 508 g/mol.